The molecule has 0 unspecified atom stereocenters. The summed E-state index contributed by atoms with van der Waals surface area (Å²) in [4.78, 5) is 24.1. The predicted octanol–water partition coefficient (Wildman–Crippen LogP) is 2.83. The van der Waals surface area contributed by atoms with Crippen molar-refractivity contribution < 1.29 is 19.1 Å². The summed E-state index contributed by atoms with van der Waals surface area (Å²) in [6.07, 6.45) is 1.80. The van der Waals surface area contributed by atoms with Crippen molar-refractivity contribution in [1.29, 1.82) is 0 Å². The zero-order valence-corrected chi connectivity index (χ0v) is 17.7. The molecule has 2 heterocycles. The average Bonchev–Trinajstić information content (AvgIpc) is 2.95. The van der Waals surface area contributed by atoms with Gasteiger partial charge in [-0.3, -0.25) is 0 Å². The minimum absolute atomic E-state index is 0.186. The van der Waals surface area contributed by atoms with E-state index in [1.807, 2.05) is 46.2 Å². The Labute approximate surface area is 166 Å². The van der Waals surface area contributed by atoms with Crippen LogP contribution in [0.15, 0.2) is 6.20 Å². The third-order valence-electron chi connectivity index (χ3n) is 3.93. The topological polar surface area (TPSA) is 107 Å². The summed E-state index contributed by atoms with van der Waals surface area (Å²) in [5, 5.41) is 13.3. The zero-order chi connectivity index (χ0) is 20.9. The Morgan fingerprint density at radius 1 is 1.11 bits per heavy atom. The maximum absolute atomic E-state index is 12.1. The lowest BCUT2D eigenvalue weighted by molar-refractivity contribution is 0.0519. The molecule has 3 N–H and O–H groups in total. The summed E-state index contributed by atoms with van der Waals surface area (Å²) in [7, 11) is 0. The molecule has 0 saturated heterocycles. The molecule has 1 aliphatic rings. The van der Waals surface area contributed by atoms with Gasteiger partial charge in [-0.1, -0.05) is 0 Å². The molecule has 0 atom stereocenters. The van der Waals surface area contributed by atoms with Crippen molar-refractivity contribution >= 4 is 18.0 Å². The molecule has 0 aromatic carbocycles. The van der Waals surface area contributed by atoms with Crippen LogP contribution >= 0.6 is 0 Å². The summed E-state index contributed by atoms with van der Waals surface area (Å²) >= 11 is 0. The van der Waals surface area contributed by atoms with E-state index < -0.39 is 23.4 Å². The van der Waals surface area contributed by atoms with Crippen molar-refractivity contribution in [3.05, 3.63) is 11.8 Å². The summed E-state index contributed by atoms with van der Waals surface area (Å²) < 4.78 is 12.5. The van der Waals surface area contributed by atoms with Crippen LogP contribution in [0.4, 0.5) is 15.4 Å². The highest BCUT2D eigenvalue weighted by Gasteiger charge is 2.25. The van der Waals surface area contributed by atoms with E-state index in [4.69, 9.17) is 9.47 Å². The van der Waals surface area contributed by atoms with Crippen molar-refractivity contribution in [3.8, 4) is 0 Å². The lowest BCUT2D eigenvalue weighted by atomic mass is 10.0. The van der Waals surface area contributed by atoms with Crippen LogP contribution in [0.25, 0.3) is 0 Å². The van der Waals surface area contributed by atoms with E-state index >= 15 is 0 Å². The second-order valence-electron chi connectivity index (χ2n) is 8.91. The van der Waals surface area contributed by atoms with E-state index in [0.717, 1.165) is 30.9 Å². The van der Waals surface area contributed by atoms with E-state index in [0.29, 0.717) is 13.1 Å². The fourth-order valence-electron chi connectivity index (χ4n) is 2.83. The molecule has 28 heavy (non-hydrogen) atoms. The monoisotopic (exact) mass is 395 g/mol. The highest BCUT2D eigenvalue weighted by Crippen LogP contribution is 2.26. The molecule has 0 bridgehead atoms. The number of hydrogen-bond acceptors (Lipinski definition) is 6. The van der Waals surface area contributed by atoms with Crippen LogP contribution in [-0.2, 0) is 16.0 Å². The van der Waals surface area contributed by atoms with E-state index in [2.05, 4.69) is 21.0 Å². The molecule has 1 aromatic heterocycles. The number of nitrogens with one attached hydrogen (secondary N) is 3. The number of anilines is 1. The van der Waals surface area contributed by atoms with Crippen LogP contribution in [0.3, 0.4) is 0 Å². The Balaban J connectivity index is 2.06. The molecule has 1 aliphatic heterocycles. The molecule has 9 nitrogen and oxygen atoms in total. The van der Waals surface area contributed by atoms with Gasteiger partial charge in [-0.15, -0.1) is 0 Å². The van der Waals surface area contributed by atoms with Gasteiger partial charge in [0.2, 0.25) is 0 Å². The summed E-state index contributed by atoms with van der Waals surface area (Å²) in [5.74, 6) is 0.739. The van der Waals surface area contributed by atoms with Crippen LogP contribution in [0.5, 0.6) is 0 Å². The third-order valence-corrected chi connectivity index (χ3v) is 3.93. The summed E-state index contributed by atoms with van der Waals surface area (Å²) in [6.45, 7) is 13.2. The number of carbonyl (C=O) groups is 2. The summed E-state index contributed by atoms with van der Waals surface area (Å²) in [5.41, 5.74) is -0.216. The number of aromatic nitrogens is 2. The molecule has 0 spiro atoms. The molecule has 0 saturated carbocycles. The van der Waals surface area contributed by atoms with Gasteiger partial charge in [0.05, 0.1) is 6.20 Å². The lowest BCUT2D eigenvalue weighted by Crippen LogP contribution is -2.39. The molecular weight excluding hydrogens is 362 g/mol. The zero-order valence-electron chi connectivity index (χ0n) is 17.7. The third kappa shape index (κ3) is 6.94. The number of fused-ring (bicyclic) bond motifs is 1. The van der Waals surface area contributed by atoms with Crippen molar-refractivity contribution in [2.45, 2.75) is 71.6 Å². The van der Waals surface area contributed by atoms with Gasteiger partial charge in [-0.05, 0) is 48.0 Å². The predicted molar refractivity (Wildman–Crippen MR) is 107 cm³/mol. The second kappa shape index (κ2) is 8.70. The van der Waals surface area contributed by atoms with Gasteiger partial charge in [0.15, 0.2) is 0 Å². The number of hydrogen-bond donors (Lipinski definition) is 3. The van der Waals surface area contributed by atoms with Crippen molar-refractivity contribution in [1.82, 2.24) is 20.4 Å². The van der Waals surface area contributed by atoms with Gasteiger partial charge < -0.3 is 25.4 Å². The molecular formula is C19H33N5O4. The molecule has 158 valence electrons. The smallest absolute Gasteiger partial charge is 0.407 e. The highest BCUT2D eigenvalue weighted by atomic mass is 16.6. The van der Waals surface area contributed by atoms with Gasteiger partial charge in [0, 0.05) is 37.7 Å². The number of ether oxygens (including phenoxy) is 2. The fourth-order valence-corrected chi connectivity index (χ4v) is 2.83. The van der Waals surface area contributed by atoms with E-state index in [1.165, 1.54) is 0 Å². The minimum Gasteiger partial charge on any atom is -0.444 e. The van der Waals surface area contributed by atoms with E-state index in [9.17, 15) is 9.59 Å². The Bertz CT molecular complexity index is 655. The van der Waals surface area contributed by atoms with Gasteiger partial charge in [0.25, 0.3) is 0 Å². The first-order valence-corrected chi connectivity index (χ1v) is 9.68. The Morgan fingerprint density at radius 2 is 1.64 bits per heavy atom. The van der Waals surface area contributed by atoms with Crippen LogP contribution in [0, 0.1) is 0 Å². The first kappa shape index (κ1) is 21.8. The SMILES string of the molecule is CC(C)(C)OC(=O)NCC(CNC(=O)OC(C)(C)C)c1cnn2c1NCCC2. The Hall–Kier alpha value is -2.45. The number of alkyl carbamates (subject to hydrolysis) is 2. The van der Waals surface area contributed by atoms with Crippen molar-refractivity contribution in [3.63, 3.8) is 0 Å². The molecule has 2 amide bonds. The number of rotatable bonds is 5. The number of aryl methyl sites for hydroxylation is 1. The van der Waals surface area contributed by atoms with Crippen molar-refractivity contribution in [2.75, 3.05) is 25.0 Å². The van der Waals surface area contributed by atoms with Gasteiger partial charge in [-0.2, -0.15) is 5.10 Å². The average molecular weight is 396 g/mol. The molecule has 9 heteroatoms. The lowest BCUT2D eigenvalue weighted by Gasteiger charge is -2.25. The van der Waals surface area contributed by atoms with Crippen LogP contribution in [-0.4, -0.2) is 52.8 Å². The number of nitrogens with zero attached hydrogens (tertiary/aromatic N) is 2. The first-order chi connectivity index (χ1) is 12.9. The maximum Gasteiger partial charge on any atom is 0.407 e. The highest BCUT2D eigenvalue weighted by molar-refractivity contribution is 5.69. The molecule has 2 rings (SSSR count). The fraction of sp³-hybridized carbons (Fsp3) is 0.737. The van der Waals surface area contributed by atoms with Gasteiger partial charge in [-0.25, -0.2) is 14.3 Å². The van der Waals surface area contributed by atoms with Crippen LogP contribution in [0.2, 0.25) is 0 Å². The normalized spacial score (nSPS) is 14.1. The number of amides is 2. The largest absolute Gasteiger partial charge is 0.444 e. The van der Waals surface area contributed by atoms with Crippen molar-refractivity contribution in [2.24, 2.45) is 0 Å². The second-order valence-corrected chi connectivity index (χ2v) is 8.91. The summed E-state index contributed by atoms with van der Waals surface area (Å²) in [6, 6.07) is 0. The standard InChI is InChI=1S/C19H33N5O4/c1-18(2,3)27-16(25)21-10-13(11-22-17(26)28-19(4,5)6)14-12-23-24-9-7-8-20-15(14)24/h12-13,20H,7-11H2,1-6H3,(H,21,25)(H,22,26). The first-order valence-electron chi connectivity index (χ1n) is 9.68. The van der Waals surface area contributed by atoms with Gasteiger partial charge in [0.1, 0.15) is 17.0 Å². The Kier molecular flexibility index (Phi) is 6.79. The van der Waals surface area contributed by atoms with Crippen LogP contribution in [0.1, 0.15) is 59.4 Å². The number of carbonyl (C=O) groups excluding carboxylic acids is 2. The maximum atomic E-state index is 12.1. The molecule has 1 aromatic rings. The quantitative estimate of drug-likeness (QED) is 0.708. The van der Waals surface area contributed by atoms with Crippen LogP contribution < -0.4 is 16.0 Å². The van der Waals surface area contributed by atoms with E-state index in [-0.39, 0.29) is 5.92 Å². The molecule has 0 aliphatic carbocycles. The minimum atomic E-state index is -0.577. The molecule has 0 radical (unpaired) electrons. The van der Waals surface area contributed by atoms with E-state index in [1.54, 1.807) is 6.20 Å². The molecule has 0 fully saturated rings. The van der Waals surface area contributed by atoms with Gasteiger partial charge >= 0.3 is 12.2 Å². The Morgan fingerprint density at radius 3 is 2.14 bits per heavy atom.